The van der Waals surface area contributed by atoms with E-state index >= 15 is 0 Å². The molecule has 182 valence electrons. The number of amides is 3. The number of methoxy groups -OCH3 is 1. The summed E-state index contributed by atoms with van der Waals surface area (Å²) >= 11 is 0. The van der Waals surface area contributed by atoms with Crippen LogP contribution in [-0.4, -0.2) is 54.6 Å². The highest BCUT2D eigenvalue weighted by Gasteiger charge is 2.30. The van der Waals surface area contributed by atoms with E-state index in [1.807, 2.05) is 51.1 Å². The number of hydrogen-bond acceptors (Lipinski definition) is 5. The summed E-state index contributed by atoms with van der Waals surface area (Å²) in [5, 5.41) is 5.90. The van der Waals surface area contributed by atoms with Crippen LogP contribution < -0.4 is 15.4 Å². The number of hydrogen-bond donors (Lipinski definition) is 2. The molecule has 2 aromatic rings. The van der Waals surface area contributed by atoms with E-state index in [0.717, 1.165) is 0 Å². The van der Waals surface area contributed by atoms with Crippen LogP contribution in [0.1, 0.15) is 55.6 Å². The first-order valence-corrected chi connectivity index (χ1v) is 11.4. The van der Waals surface area contributed by atoms with Crippen molar-refractivity contribution in [2.24, 2.45) is 0 Å². The van der Waals surface area contributed by atoms with Gasteiger partial charge in [0.2, 0.25) is 5.91 Å². The highest BCUT2D eigenvalue weighted by atomic mass is 16.6. The van der Waals surface area contributed by atoms with Crippen molar-refractivity contribution in [3.8, 4) is 5.75 Å². The van der Waals surface area contributed by atoms with E-state index in [0.29, 0.717) is 42.8 Å². The fourth-order valence-corrected chi connectivity index (χ4v) is 3.72. The molecule has 0 bridgehead atoms. The maximum Gasteiger partial charge on any atom is 0.410 e. The summed E-state index contributed by atoms with van der Waals surface area (Å²) in [5.41, 5.74) is 0.570. The average Bonchev–Trinajstić information content (AvgIpc) is 2.82. The number of rotatable bonds is 6. The zero-order valence-corrected chi connectivity index (χ0v) is 20.2. The lowest BCUT2D eigenvalue weighted by molar-refractivity contribution is -0.124. The lowest BCUT2D eigenvalue weighted by atomic mass is 10.0. The number of nitrogens with zero attached hydrogens (tertiary/aromatic N) is 1. The SMILES string of the molecule is COc1ccc(C(=O)N[C@@H](C(=O)NC2CCN(C(=O)OC(C)(C)C)CC2)c2ccccc2)cc1. The Labute approximate surface area is 200 Å². The van der Waals surface area contributed by atoms with Gasteiger partial charge >= 0.3 is 6.09 Å². The molecule has 1 aliphatic rings. The molecule has 34 heavy (non-hydrogen) atoms. The molecule has 0 aliphatic carbocycles. The van der Waals surface area contributed by atoms with Crippen LogP contribution in [-0.2, 0) is 9.53 Å². The molecule has 1 atom stereocenters. The van der Waals surface area contributed by atoms with Crippen LogP contribution in [0.2, 0.25) is 0 Å². The molecule has 3 amide bonds. The van der Waals surface area contributed by atoms with Crippen LogP contribution in [0, 0.1) is 0 Å². The number of carbonyl (C=O) groups is 3. The Morgan fingerprint density at radius 2 is 1.59 bits per heavy atom. The quantitative estimate of drug-likeness (QED) is 0.676. The van der Waals surface area contributed by atoms with Crippen molar-refractivity contribution < 1.29 is 23.9 Å². The average molecular weight is 468 g/mol. The fourth-order valence-electron chi connectivity index (χ4n) is 3.72. The van der Waals surface area contributed by atoms with Crippen molar-refractivity contribution in [3.05, 3.63) is 65.7 Å². The number of nitrogens with one attached hydrogen (secondary N) is 2. The second-order valence-corrected chi connectivity index (χ2v) is 9.30. The van der Waals surface area contributed by atoms with Gasteiger partial charge in [-0.15, -0.1) is 0 Å². The molecule has 0 saturated carbocycles. The molecule has 1 saturated heterocycles. The Bertz CT molecular complexity index is 978. The first kappa shape index (κ1) is 25.1. The molecule has 0 spiro atoms. The van der Waals surface area contributed by atoms with Crippen LogP contribution in [0.3, 0.4) is 0 Å². The lowest BCUT2D eigenvalue weighted by Crippen LogP contribution is -2.50. The summed E-state index contributed by atoms with van der Waals surface area (Å²) in [6.45, 7) is 6.49. The van der Waals surface area contributed by atoms with Crippen LogP contribution in [0.15, 0.2) is 54.6 Å². The molecular formula is C26H33N3O5. The highest BCUT2D eigenvalue weighted by Crippen LogP contribution is 2.19. The van der Waals surface area contributed by atoms with E-state index in [4.69, 9.17) is 9.47 Å². The van der Waals surface area contributed by atoms with E-state index in [1.54, 1.807) is 36.3 Å². The van der Waals surface area contributed by atoms with Crippen molar-refractivity contribution >= 4 is 17.9 Å². The number of piperidine rings is 1. The minimum Gasteiger partial charge on any atom is -0.497 e. The monoisotopic (exact) mass is 467 g/mol. The van der Waals surface area contributed by atoms with Gasteiger partial charge < -0.3 is 25.0 Å². The maximum absolute atomic E-state index is 13.2. The highest BCUT2D eigenvalue weighted by molar-refractivity contribution is 5.98. The predicted octanol–water partition coefficient (Wildman–Crippen LogP) is 3.68. The smallest absolute Gasteiger partial charge is 0.410 e. The van der Waals surface area contributed by atoms with Gasteiger partial charge in [0.1, 0.15) is 17.4 Å². The first-order valence-electron chi connectivity index (χ1n) is 11.4. The summed E-state index contributed by atoms with van der Waals surface area (Å²) in [7, 11) is 1.56. The summed E-state index contributed by atoms with van der Waals surface area (Å²) in [5.74, 6) is 0.00167. The molecule has 0 aromatic heterocycles. The molecule has 1 heterocycles. The zero-order chi connectivity index (χ0) is 24.7. The Kier molecular flexibility index (Phi) is 8.15. The second-order valence-electron chi connectivity index (χ2n) is 9.30. The Balaban J connectivity index is 1.64. The molecule has 2 N–H and O–H groups in total. The molecule has 3 rings (SSSR count). The van der Waals surface area contributed by atoms with Gasteiger partial charge in [-0.3, -0.25) is 9.59 Å². The van der Waals surface area contributed by atoms with Crippen molar-refractivity contribution in [2.45, 2.75) is 51.3 Å². The van der Waals surface area contributed by atoms with Gasteiger partial charge in [-0.2, -0.15) is 0 Å². The van der Waals surface area contributed by atoms with Gasteiger partial charge in [0.15, 0.2) is 0 Å². The molecule has 2 aromatic carbocycles. The topological polar surface area (TPSA) is 97.0 Å². The van der Waals surface area contributed by atoms with Gasteiger partial charge in [0.05, 0.1) is 7.11 Å². The number of benzene rings is 2. The summed E-state index contributed by atoms with van der Waals surface area (Å²) in [6.07, 6.45) is 0.879. The number of carbonyl (C=O) groups excluding carboxylic acids is 3. The second kappa shape index (κ2) is 11.0. The van der Waals surface area contributed by atoms with Crippen molar-refractivity contribution in [1.82, 2.24) is 15.5 Å². The number of ether oxygens (including phenoxy) is 2. The Morgan fingerprint density at radius 3 is 2.15 bits per heavy atom. The Hall–Kier alpha value is -3.55. The predicted molar refractivity (Wildman–Crippen MR) is 129 cm³/mol. The van der Waals surface area contributed by atoms with Crippen molar-refractivity contribution in [1.29, 1.82) is 0 Å². The normalized spacial score (nSPS) is 15.2. The third-order valence-corrected chi connectivity index (χ3v) is 5.52. The van der Waals surface area contributed by atoms with E-state index in [2.05, 4.69) is 10.6 Å². The third kappa shape index (κ3) is 6.97. The summed E-state index contributed by atoms with van der Waals surface area (Å²) in [6, 6.07) is 14.9. The van der Waals surface area contributed by atoms with E-state index in [9.17, 15) is 14.4 Å². The molecule has 0 radical (unpaired) electrons. The standard InChI is InChI=1S/C26H33N3O5/c1-26(2,3)34-25(32)29-16-14-20(15-17-29)27-24(31)22(18-8-6-5-7-9-18)28-23(30)19-10-12-21(33-4)13-11-19/h5-13,20,22H,14-17H2,1-4H3,(H,27,31)(H,28,30)/t22-/m1/s1. The molecule has 0 unspecified atom stereocenters. The van der Waals surface area contributed by atoms with E-state index in [1.165, 1.54) is 0 Å². The van der Waals surface area contributed by atoms with Gasteiger partial charge in [0, 0.05) is 24.7 Å². The molecule has 8 nitrogen and oxygen atoms in total. The third-order valence-electron chi connectivity index (χ3n) is 5.52. The fraction of sp³-hybridized carbons (Fsp3) is 0.423. The van der Waals surface area contributed by atoms with Crippen molar-refractivity contribution in [2.75, 3.05) is 20.2 Å². The molecule has 8 heteroatoms. The van der Waals surface area contributed by atoms with Gasteiger partial charge in [-0.25, -0.2) is 4.79 Å². The first-order chi connectivity index (χ1) is 16.2. The lowest BCUT2D eigenvalue weighted by Gasteiger charge is -2.34. The Morgan fingerprint density at radius 1 is 0.971 bits per heavy atom. The summed E-state index contributed by atoms with van der Waals surface area (Å²) < 4.78 is 10.6. The van der Waals surface area contributed by atoms with Gasteiger partial charge in [-0.1, -0.05) is 30.3 Å². The number of likely N-dealkylation sites (tertiary alicyclic amines) is 1. The minimum absolute atomic E-state index is 0.102. The van der Waals surface area contributed by atoms with Gasteiger partial charge in [-0.05, 0) is 63.4 Å². The van der Waals surface area contributed by atoms with E-state index in [-0.39, 0.29) is 23.9 Å². The van der Waals surface area contributed by atoms with Crippen LogP contribution in [0.4, 0.5) is 4.79 Å². The van der Waals surface area contributed by atoms with Crippen LogP contribution in [0.5, 0.6) is 5.75 Å². The minimum atomic E-state index is -0.848. The largest absolute Gasteiger partial charge is 0.497 e. The van der Waals surface area contributed by atoms with Crippen molar-refractivity contribution in [3.63, 3.8) is 0 Å². The summed E-state index contributed by atoms with van der Waals surface area (Å²) in [4.78, 5) is 40.1. The van der Waals surface area contributed by atoms with Gasteiger partial charge in [0.25, 0.3) is 5.91 Å². The molecule has 1 fully saturated rings. The molecular weight excluding hydrogens is 434 g/mol. The van der Waals surface area contributed by atoms with Crippen LogP contribution in [0.25, 0.3) is 0 Å². The van der Waals surface area contributed by atoms with E-state index < -0.39 is 11.6 Å². The maximum atomic E-state index is 13.2. The zero-order valence-electron chi connectivity index (χ0n) is 20.2. The van der Waals surface area contributed by atoms with Crippen LogP contribution >= 0.6 is 0 Å². The molecule has 1 aliphatic heterocycles.